The molecule has 0 spiro atoms. The van der Waals surface area contributed by atoms with E-state index in [1.165, 1.54) is 12.1 Å². The van der Waals surface area contributed by atoms with Crippen LogP contribution in [-0.4, -0.2) is 20.5 Å². The first-order chi connectivity index (χ1) is 9.78. The van der Waals surface area contributed by atoms with Gasteiger partial charge in [0.25, 0.3) is 0 Å². The van der Waals surface area contributed by atoms with E-state index in [1.807, 2.05) is 24.3 Å². The van der Waals surface area contributed by atoms with Gasteiger partial charge in [-0.2, -0.15) is 15.4 Å². The van der Waals surface area contributed by atoms with E-state index in [-0.39, 0.29) is 12.4 Å². The number of nitrogens with zero attached hydrogens (tertiary/aromatic N) is 2. The van der Waals surface area contributed by atoms with E-state index in [9.17, 15) is 4.39 Å². The van der Waals surface area contributed by atoms with Crippen molar-refractivity contribution >= 4 is 0 Å². The van der Waals surface area contributed by atoms with Gasteiger partial charge in [-0.05, 0) is 29.8 Å². The monoisotopic (exact) mass is 269 g/mol. The van der Waals surface area contributed by atoms with Crippen molar-refractivity contribution in [3.05, 3.63) is 59.9 Å². The molecule has 0 aliphatic carbocycles. The van der Waals surface area contributed by atoms with E-state index in [1.54, 1.807) is 12.1 Å². The Morgan fingerprint density at radius 2 is 1.35 bits per heavy atom. The summed E-state index contributed by atoms with van der Waals surface area (Å²) in [6.45, 7) is 0.00388. The normalized spacial score (nSPS) is 10.7. The Balaban J connectivity index is 2.02. The SMILES string of the molecule is OCc1ccc(-c2n[nH]nc2-c2ccc(F)cc2)cc1. The molecule has 3 aromatic rings. The van der Waals surface area contributed by atoms with Crippen molar-refractivity contribution in [2.75, 3.05) is 0 Å². The molecule has 0 atom stereocenters. The molecule has 20 heavy (non-hydrogen) atoms. The van der Waals surface area contributed by atoms with E-state index >= 15 is 0 Å². The van der Waals surface area contributed by atoms with Gasteiger partial charge in [0.2, 0.25) is 0 Å². The van der Waals surface area contributed by atoms with Crippen molar-refractivity contribution in [1.29, 1.82) is 0 Å². The number of aromatic amines is 1. The average Bonchev–Trinajstić information content (AvgIpc) is 2.97. The Hall–Kier alpha value is -2.53. The van der Waals surface area contributed by atoms with Crippen LogP contribution in [-0.2, 0) is 6.61 Å². The second-order valence-electron chi connectivity index (χ2n) is 4.38. The second kappa shape index (κ2) is 5.22. The lowest BCUT2D eigenvalue weighted by molar-refractivity contribution is 0.282. The van der Waals surface area contributed by atoms with Crippen molar-refractivity contribution in [2.45, 2.75) is 6.61 Å². The molecule has 0 saturated carbocycles. The molecule has 100 valence electrons. The summed E-state index contributed by atoms with van der Waals surface area (Å²) in [6, 6.07) is 13.5. The summed E-state index contributed by atoms with van der Waals surface area (Å²) in [6.07, 6.45) is 0. The highest BCUT2D eigenvalue weighted by Crippen LogP contribution is 2.28. The number of nitrogens with one attached hydrogen (secondary N) is 1. The maximum Gasteiger partial charge on any atom is 0.123 e. The summed E-state index contributed by atoms with van der Waals surface area (Å²) in [5, 5.41) is 19.9. The molecule has 5 heteroatoms. The maximum atomic E-state index is 13.0. The number of benzene rings is 2. The number of rotatable bonds is 3. The molecule has 0 unspecified atom stereocenters. The van der Waals surface area contributed by atoms with Crippen LogP contribution in [0.3, 0.4) is 0 Å². The van der Waals surface area contributed by atoms with Crippen LogP contribution < -0.4 is 0 Å². The number of aliphatic hydroxyl groups is 1. The molecule has 0 aliphatic heterocycles. The summed E-state index contributed by atoms with van der Waals surface area (Å²) >= 11 is 0. The smallest absolute Gasteiger partial charge is 0.123 e. The zero-order valence-electron chi connectivity index (χ0n) is 10.5. The molecule has 4 nitrogen and oxygen atoms in total. The topological polar surface area (TPSA) is 61.8 Å². The number of hydrogen-bond acceptors (Lipinski definition) is 3. The Morgan fingerprint density at radius 3 is 1.85 bits per heavy atom. The first-order valence-corrected chi connectivity index (χ1v) is 6.15. The third kappa shape index (κ3) is 2.31. The van der Waals surface area contributed by atoms with E-state index in [0.29, 0.717) is 11.4 Å². The number of aromatic nitrogens is 3. The lowest BCUT2D eigenvalue weighted by Crippen LogP contribution is -1.86. The molecule has 0 aliphatic rings. The highest BCUT2D eigenvalue weighted by atomic mass is 19.1. The standard InChI is InChI=1S/C15H12FN3O/c16-13-7-5-12(6-8-13)15-14(17-19-18-15)11-3-1-10(9-20)2-4-11/h1-8,20H,9H2,(H,17,18,19). The van der Waals surface area contributed by atoms with Crippen LogP contribution in [0.2, 0.25) is 0 Å². The van der Waals surface area contributed by atoms with Crippen molar-refractivity contribution < 1.29 is 9.50 Å². The fourth-order valence-corrected chi connectivity index (χ4v) is 2.01. The molecule has 3 rings (SSSR count). The Morgan fingerprint density at radius 1 is 0.850 bits per heavy atom. The number of aliphatic hydroxyl groups excluding tert-OH is 1. The highest BCUT2D eigenvalue weighted by Gasteiger charge is 2.12. The van der Waals surface area contributed by atoms with Crippen LogP contribution in [0, 0.1) is 5.82 Å². The van der Waals surface area contributed by atoms with Gasteiger partial charge in [-0.3, -0.25) is 0 Å². The van der Waals surface area contributed by atoms with Crippen LogP contribution in [0.25, 0.3) is 22.5 Å². The Labute approximate surface area is 114 Å². The third-order valence-electron chi connectivity index (χ3n) is 3.08. The summed E-state index contributed by atoms with van der Waals surface area (Å²) in [5.74, 6) is -0.286. The van der Waals surface area contributed by atoms with Crippen LogP contribution in [0.15, 0.2) is 48.5 Å². The minimum Gasteiger partial charge on any atom is -0.392 e. The maximum absolute atomic E-state index is 13.0. The molecule has 0 radical (unpaired) electrons. The molecule has 0 saturated heterocycles. The van der Waals surface area contributed by atoms with E-state index in [4.69, 9.17) is 5.11 Å². The second-order valence-corrected chi connectivity index (χ2v) is 4.38. The Kier molecular flexibility index (Phi) is 3.26. The summed E-state index contributed by atoms with van der Waals surface area (Å²) < 4.78 is 13.0. The molecule has 0 fully saturated rings. The number of H-pyrrole nitrogens is 1. The van der Waals surface area contributed by atoms with Gasteiger partial charge in [-0.15, -0.1) is 0 Å². The molecule has 0 bridgehead atoms. The van der Waals surface area contributed by atoms with Gasteiger partial charge < -0.3 is 5.11 Å². The van der Waals surface area contributed by atoms with Gasteiger partial charge in [0.05, 0.1) is 6.61 Å². The van der Waals surface area contributed by atoms with E-state index in [2.05, 4.69) is 15.4 Å². The molecule has 1 aromatic heterocycles. The van der Waals surface area contributed by atoms with Gasteiger partial charge >= 0.3 is 0 Å². The largest absolute Gasteiger partial charge is 0.392 e. The van der Waals surface area contributed by atoms with Crippen LogP contribution in [0.5, 0.6) is 0 Å². The lowest BCUT2D eigenvalue weighted by Gasteiger charge is -2.02. The van der Waals surface area contributed by atoms with E-state index < -0.39 is 0 Å². The van der Waals surface area contributed by atoms with Crippen molar-refractivity contribution in [1.82, 2.24) is 15.4 Å². The molecule has 1 heterocycles. The van der Waals surface area contributed by atoms with Crippen LogP contribution in [0.1, 0.15) is 5.56 Å². The van der Waals surface area contributed by atoms with Gasteiger partial charge in [0.15, 0.2) is 0 Å². The molecule has 2 aromatic carbocycles. The first kappa shape index (κ1) is 12.5. The number of hydrogen-bond donors (Lipinski definition) is 2. The fraction of sp³-hybridized carbons (Fsp3) is 0.0667. The van der Waals surface area contributed by atoms with Crippen molar-refractivity contribution in [3.8, 4) is 22.5 Å². The lowest BCUT2D eigenvalue weighted by atomic mass is 10.0. The van der Waals surface area contributed by atoms with Gasteiger partial charge in [-0.1, -0.05) is 24.3 Å². The molecular formula is C15H12FN3O. The van der Waals surface area contributed by atoms with Gasteiger partial charge in [0.1, 0.15) is 17.2 Å². The molecule has 0 amide bonds. The first-order valence-electron chi connectivity index (χ1n) is 6.15. The van der Waals surface area contributed by atoms with E-state index in [0.717, 1.165) is 16.7 Å². The third-order valence-corrected chi connectivity index (χ3v) is 3.08. The predicted molar refractivity (Wildman–Crippen MR) is 73.1 cm³/mol. The predicted octanol–water partition coefficient (Wildman–Crippen LogP) is 2.77. The quantitative estimate of drug-likeness (QED) is 0.768. The summed E-state index contributed by atoms with van der Waals surface area (Å²) in [4.78, 5) is 0. The minimum absolute atomic E-state index is 0.00388. The zero-order valence-corrected chi connectivity index (χ0v) is 10.5. The van der Waals surface area contributed by atoms with Crippen LogP contribution >= 0.6 is 0 Å². The molecule has 2 N–H and O–H groups in total. The summed E-state index contributed by atoms with van der Waals surface area (Å²) in [7, 11) is 0. The van der Waals surface area contributed by atoms with Crippen LogP contribution in [0.4, 0.5) is 4.39 Å². The number of halogens is 1. The van der Waals surface area contributed by atoms with Crippen molar-refractivity contribution in [3.63, 3.8) is 0 Å². The van der Waals surface area contributed by atoms with Gasteiger partial charge in [-0.25, -0.2) is 4.39 Å². The fourth-order valence-electron chi connectivity index (χ4n) is 2.01. The highest BCUT2D eigenvalue weighted by molar-refractivity contribution is 5.77. The summed E-state index contributed by atoms with van der Waals surface area (Å²) in [5.41, 5.74) is 3.88. The Bertz CT molecular complexity index is 705. The zero-order chi connectivity index (χ0) is 13.9. The van der Waals surface area contributed by atoms with Gasteiger partial charge in [0, 0.05) is 11.1 Å². The van der Waals surface area contributed by atoms with Crippen molar-refractivity contribution in [2.24, 2.45) is 0 Å². The molecular weight excluding hydrogens is 257 g/mol. The average molecular weight is 269 g/mol. The minimum atomic E-state index is -0.286.